The SMILES string of the molecule is CCS(=O)(=O)c1ccc(F)c(N2CC[C@H]([C@H](CC#N)n3cc(-c4ncnc5c4ccn5COCC[Si](C)(C)C)cn3)C2)n1. The van der Waals surface area contributed by atoms with Crippen LogP contribution in [0.25, 0.3) is 22.3 Å². The number of hydrogen-bond acceptors (Lipinski definition) is 9. The Morgan fingerprint density at radius 3 is 2.79 bits per heavy atom. The van der Waals surface area contributed by atoms with Crippen LogP contribution in [0.1, 0.15) is 25.8 Å². The van der Waals surface area contributed by atoms with Crippen LogP contribution in [0.5, 0.6) is 0 Å². The van der Waals surface area contributed by atoms with Crippen molar-refractivity contribution in [2.24, 2.45) is 5.92 Å². The van der Waals surface area contributed by atoms with Crippen LogP contribution >= 0.6 is 0 Å². The lowest BCUT2D eigenvalue weighted by atomic mass is 9.96. The molecule has 228 valence electrons. The van der Waals surface area contributed by atoms with Gasteiger partial charge in [0.1, 0.15) is 18.7 Å². The standard InChI is InChI=1S/C29H37FN8O3SSi/c1-5-42(39,40)26-7-6-24(30)29(35-26)36-12-9-21(17-36)25(8-11-31)38-18-22(16-34-38)27-23-10-13-37(28(23)33-19-32-27)20-41-14-15-43(2,3)4/h6-7,10,13,16,18-19,21,25H,5,8-9,12,14-15,17,20H2,1-4H3/t21-,25-/m0/s1. The van der Waals surface area contributed by atoms with Crippen molar-refractivity contribution in [1.82, 2.24) is 29.3 Å². The fourth-order valence-electron chi connectivity index (χ4n) is 5.34. The second-order valence-corrected chi connectivity index (χ2v) is 19.9. The zero-order valence-corrected chi connectivity index (χ0v) is 26.8. The van der Waals surface area contributed by atoms with E-state index in [1.165, 1.54) is 19.3 Å². The van der Waals surface area contributed by atoms with Crippen molar-refractivity contribution in [3.63, 3.8) is 0 Å². The Kier molecular flexibility index (Phi) is 8.96. The van der Waals surface area contributed by atoms with Crippen LogP contribution in [0.15, 0.2) is 48.1 Å². The molecule has 43 heavy (non-hydrogen) atoms. The van der Waals surface area contributed by atoms with Gasteiger partial charge in [0.05, 0.1) is 36.2 Å². The molecular weight excluding hydrogens is 588 g/mol. The maximum absolute atomic E-state index is 14.8. The van der Waals surface area contributed by atoms with Crippen molar-refractivity contribution in [1.29, 1.82) is 5.26 Å². The van der Waals surface area contributed by atoms with Gasteiger partial charge in [-0.3, -0.25) is 4.68 Å². The Bertz CT molecular complexity index is 1740. The van der Waals surface area contributed by atoms with Gasteiger partial charge < -0.3 is 14.2 Å². The van der Waals surface area contributed by atoms with Gasteiger partial charge in [0.15, 0.2) is 26.5 Å². The minimum Gasteiger partial charge on any atom is -0.361 e. The molecule has 0 unspecified atom stereocenters. The summed E-state index contributed by atoms with van der Waals surface area (Å²) in [4.78, 5) is 15.0. The summed E-state index contributed by atoms with van der Waals surface area (Å²) in [6, 6.07) is 7.42. The van der Waals surface area contributed by atoms with E-state index in [1.807, 2.05) is 23.0 Å². The lowest BCUT2D eigenvalue weighted by molar-refractivity contribution is 0.0899. The average Bonchev–Trinajstić information content (AvgIpc) is 3.74. The zero-order valence-electron chi connectivity index (χ0n) is 24.9. The molecule has 2 atom stereocenters. The lowest BCUT2D eigenvalue weighted by Gasteiger charge is -2.23. The maximum atomic E-state index is 14.8. The first-order chi connectivity index (χ1) is 20.5. The summed E-state index contributed by atoms with van der Waals surface area (Å²) in [6.45, 7) is 10.5. The Morgan fingerprint density at radius 1 is 1.23 bits per heavy atom. The van der Waals surface area contributed by atoms with Crippen LogP contribution in [-0.2, 0) is 21.3 Å². The first-order valence-corrected chi connectivity index (χ1v) is 19.8. The van der Waals surface area contributed by atoms with E-state index in [1.54, 1.807) is 15.8 Å². The van der Waals surface area contributed by atoms with E-state index in [0.29, 0.717) is 32.8 Å². The second kappa shape index (κ2) is 12.5. The number of nitrogens with zero attached hydrogens (tertiary/aromatic N) is 8. The van der Waals surface area contributed by atoms with E-state index in [9.17, 15) is 18.1 Å². The van der Waals surface area contributed by atoms with Gasteiger partial charge in [-0.05, 0) is 30.7 Å². The summed E-state index contributed by atoms with van der Waals surface area (Å²) in [5.41, 5.74) is 2.31. The van der Waals surface area contributed by atoms with Crippen LogP contribution in [0, 0.1) is 23.1 Å². The molecule has 1 aliphatic rings. The molecule has 0 spiro atoms. The third kappa shape index (κ3) is 6.79. The van der Waals surface area contributed by atoms with Crippen LogP contribution in [-0.4, -0.2) is 71.2 Å². The third-order valence-electron chi connectivity index (χ3n) is 7.87. The minimum absolute atomic E-state index is 0.0197. The Hall–Kier alpha value is -3.67. The molecule has 0 bridgehead atoms. The number of hydrogen-bond donors (Lipinski definition) is 0. The smallest absolute Gasteiger partial charge is 0.195 e. The fourth-order valence-corrected chi connectivity index (χ4v) is 6.89. The Labute approximate surface area is 252 Å². The first-order valence-electron chi connectivity index (χ1n) is 14.4. The fraction of sp³-hybridized carbons (Fsp3) is 0.483. The summed E-state index contributed by atoms with van der Waals surface area (Å²) in [7, 11) is -4.75. The highest BCUT2D eigenvalue weighted by atomic mass is 32.2. The van der Waals surface area contributed by atoms with Gasteiger partial charge in [-0.25, -0.2) is 27.8 Å². The molecule has 0 N–H and O–H groups in total. The highest BCUT2D eigenvalue weighted by Crippen LogP contribution is 2.35. The predicted molar refractivity (Wildman–Crippen MR) is 164 cm³/mol. The first kappa shape index (κ1) is 30.8. The molecule has 5 rings (SSSR count). The van der Waals surface area contributed by atoms with Crippen molar-refractivity contribution in [2.45, 2.75) is 63.2 Å². The number of aromatic nitrogens is 6. The number of fused-ring (bicyclic) bond motifs is 1. The van der Waals surface area contributed by atoms with Crippen LogP contribution in [0.2, 0.25) is 25.7 Å². The van der Waals surface area contributed by atoms with Gasteiger partial charge in [-0.1, -0.05) is 26.6 Å². The van der Waals surface area contributed by atoms with E-state index in [2.05, 4.69) is 45.8 Å². The molecule has 14 heteroatoms. The van der Waals surface area contributed by atoms with Crippen LogP contribution < -0.4 is 4.90 Å². The number of pyridine rings is 1. The lowest BCUT2D eigenvalue weighted by Crippen LogP contribution is -2.26. The molecule has 1 fully saturated rings. The number of anilines is 1. The summed E-state index contributed by atoms with van der Waals surface area (Å²) in [5.74, 6) is -0.698. The van der Waals surface area contributed by atoms with Crippen LogP contribution in [0.4, 0.5) is 10.2 Å². The van der Waals surface area contributed by atoms with E-state index in [0.717, 1.165) is 34.4 Å². The topological polar surface area (TPSA) is 132 Å². The number of halogens is 1. The molecule has 11 nitrogen and oxygen atoms in total. The Balaban J connectivity index is 1.34. The van der Waals surface area contributed by atoms with E-state index in [-0.39, 0.29) is 35.0 Å². The molecular formula is C29H37FN8O3SSi. The maximum Gasteiger partial charge on any atom is 0.195 e. The summed E-state index contributed by atoms with van der Waals surface area (Å²) >= 11 is 0. The highest BCUT2D eigenvalue weighted by molar-refractivity contribution is 7.91. The van der Waals surface area contributed by atoms with Gasteiger partial charge in [0, 0.05) is 57.0 Å². The number of rotatable bonds is 12. The molecule has 1 saturated heterocycles. The van der Waals surface area contributed by atoms with Crippen molar-refractivity contribution in [3.8, 4) is 17.3 Å². The molecule has 0 radical (unpaired) electrons. The van der Waals surface area contributed by atoms with Gasteiger partial charge in [-0.15, -0.1) is 0 Å². The normalized spacial score (nSPS) is 16.6. The molecule has 0 amide bonds. The van der Waals surface area contributed by atoms with E-state index < -0.39 is 23.7 Å². The Morgan fingerprint density at radius 2 is 2.05 bits per heavy atom. The van der Waals surface area contributed by atoms with Crippen LogP contribution in [0.3, 0.4) is 0 Å². The van der Waals surface area contributed by atoms with Crippen molar-refractivity contribution in [2.75, 3.05) is 30.3 Å². The summed E-state index contributed by atoms with van der Waals surface area (Å²) in [5, 5.41) is 15.0. The quantitative estimate of drug-likeness (QED) is 0.159. The molecule has 4 aromatic rings. The van der Waals surface area contributed by atoms with Crippen molar-refractivity contribution >= 4 is 34.8 Å². The highest BCUT2D eigenvalue weighted by Gasteiger charge is 2.33. The minimum atomic E-state index is -3.58. The molecule has 1 aliphatic heterocycles. The van der Waals surface area contributed by atoms with Gasteiger partial charge in [0.2, 0.25) is 0 Å². The summed E-state index contributed by atoms with van der Waals surface area (Å²) in [6.07, 6.45) is 7.99. The van der Waals surface area contributed by atoms with Gasteiger partial charge >= 0.3 is 0 Å². The molecule has 0 aliphatic carbocycles. The third-order valence-corrected chi connectivity index (χ3v) is 11.2. The van der Waals surface area contributed by atoms with Crippen molar-refractivity contribution < 1.29 is 17.5 Å². The van der Waals surface area contributed by atoms with Gasteiger partial charge in [-0.2, -0.15) is 10.4 Å². The molecule has 5 heterocycles. The number of nitriles is 1. The average molecular weight is 625 g/mol. The number of ether oxygens (including phenoxy) is 1. The second-order valence-electron chi connectivity index (χ2n) is 12.1. The molecule has 0 saturated carbocycles. The van der Waals surface area contributed by atoms with Crippen molar-refractivity contribution in [3.05, 3.63) is 48.9 Å². The number of sulfone groups is 1. The predicted octanol–water partition coefficient (Wildman–Crippen LogP) is 4.92. The zero-order chi connectivity index (χ0) is 30.8. The summed E-state index contributed by atoms with van der Waals surface area (Å²) < 4.78 is 49.2. The van der Waals surface area contributed by atoms with Gasteiger partial charge in [0.25, 0.3) is 0 Å². The monoisotopic (exact) mass is 624 g/mol. The van der Waals surface area contributed by atoms with E-state index >= 15 is 0 Å². The largest absolute Gasteiger partial charge is 0.361 e. The molecule has 4 aromatic heterocycles. The van der Waals surface area contributed by atoms with E-state index in [4.69, 9.17) is 4.74 Å². The molecule has 0 aromatic carbocycles.